The highest BCUT2D eigenvalue weighted by atomic mass is 32.2. The maximum atomic E-state index is 14.3. The molecule has 0 bridgehead atoms. The minimum atomic E-state index is -3.22. The van der Waals surface area contributed by atoms with Gasteiger partial charge in [0.25, 0.3) is 5.91 Å². The van der Waals surface area contributed by atoms with Gasteiger partial charge in [0, 0.05) is 29.9 Å². The molecular weight excluding hydrogens is 375 g/mol. The van der Waals surface area contributed by atoms with Gasteiger partial charge < -0.3 is 15.2 Å². The first-order valence-corrected chi connectivity index (χ1v) is 10.6. The van der Waals surface area contributed by atoms with E-state index < -0.39 is 33.5 Å². The van der Waals surface area contributed by atoms with E-state index in [9.17, 15) is 22.4 Å². The van der Waals surface area contributed by atoms with E-state index in [0.29, 0.717) is 16.6 Å². The number of aromatic nitrogens is 2. The lowest BCUT2D eigenvalue weighted by Crippen LogP contribution is -2.53. The number of hydrogen-bond acceptors (Lipinski definition) is 5. The third kappa shape index (κ3) is 3.66. The fourth-order valence-electron chi connectivity index (χ4n) is 3.35. The van der Waals surface area contributed by atoms with Crippen molar-refractivity contribution in [1.82, 2.24) is 20.2 Å². The van der Waals surface area contributed by atoms with Crippen LogP contribution in [-0.4, -0.2) is 59.7 Å². The molecule has 27 heavy (non-hydrogen) atoms. The average Bonchev–Trinajstić information content (AvgIpc) is 2.98. The van der Waals surface area contributed by atoms with Gasteiger partial charge in [-0.25, -0.2) is 17.8 Å². The van der Waals surface area contributed by atoms with Crippen molar-refractivity contribution >= 4 is 32.7 Å². The number of amides is 2. The highest BCUT2D eigenvalue weighted by Crippen LogP contribution is 2.32. The molecule has 0 spiro atoms. The Kier molecular flexibility index (Phi) is 4.94. The van der Waals surface area contributed by atoms with E-state index in [0.717, 1.165) is 12.5 Å². The summed E-state index contributed by atoms with van der Waals surface area (Å²) in [7, 11) is -3.22. The molecule has 146 valence electrons. The third-order valence-corrected chi connectivity index (χ3v) is 5.53. The number of aromatic amines is 1. The predicted octanol–water partition coefficient (Wildman–Crippen LogP) is 0.843. The highest BCUT2D eigenvalue weighted by molar-refractivity contribution is 7.90. The van der Waals surface area contributed by atoms with Crippen LogP contribution < -0.4 is 5.32 Å². The number of sulfone groups is 1. The topological polar surface area (TPSA) is 112 Å². The normalized spacial score (nSPS) is 15.4. The second-order valence-electron chi connectivity index (χ2n) is 7.05. The van der Waals surface area contributed by atoms with Crippen molar-refractivity contribution < 1.29 is 22.4 Å². The van der Waals surface area contributed by atoms with Gasteiger partial charge >= 0.3 is 0 Å². The number of halogens is 1. The summed E-state index contributed by atoms with van der Waals surface area (Å²) in [6, 6.07) is -0.859. The number of H-pyrrole nitrogens is 1. The maximum absolute atomic E-state index is 14.3. The number of carbonyl (C=O) groups excluding carboxylic acids is 2. The Labute approximate surface area is 156 Å². The Hall–Kier alpha value is -2.49. The number of rotatable bonds is 6. The SMILES string of the molecule is CC(C)[C@H](C(=O)NCCS(C)(=O)=O)N1Cc2c(F)cnc3[nH]cc(c23)C1=O. The van der Waals surface area contributed by atoms with Gasteiger partial charge in [0.15, 0.2) is 0 Å². The first kappa shape index (κ1) is 19.3. The zero-order valence-corrected chi connectivity index (χ0v) is 16.1. The molecule has 2 aromatic rings. The van der Waals surface area contributed by atoms with E-state index in [1.807, 2.05) is 0 Å². The molecule has 2 aromatic heterocycles. The first-order chi connectivity index (χ1) is 12.6. The van der Waals surface area contributed by atoms with E-state index in [2.05, 4.69) is 15.3 Å². The zero-order chi connectivity index (χ0) is 19.9. The van der Waals surface area contributed by atoms with Crippen molar-refractivity contribution in [3.8, 4) is 0 Å². The molecule has 10 heteroatoms. The number of nitrogens with one attached hydrogen (secondary N) is 2. The van der Waals surface area contributed by atoms with Crippen molar-refractivity contribution in [3.63, 3.8) is 0 Å². The minimum absolute atomic E-state index is 0.0494. The fourth-order valence-corrected chi connectivity index (χ4v) is 3.82. The summed E-state index contributed by atoms with van der Waals surface area (Å²) in [5, 5.41) is 3.01. The van der Waals surface area contributed by atoms with Gasteiger partial charge in [-0.2, -0.15) is 0 Å². The molecule has 2 N–H and O–H groups in total. The molecule has 1 aliphatic heterocycles. The Morgan fingerprint density at radius 3 is 2.78 bits per heavy atom. The molecule has 3 heterocycles. The molecule has 8 nitrogen and oxygen atoms in total. The average molecular weight is 396 g/mol. The van der Waals surface area contributed by atoms with Gasteiger partial charge in [-0.05, 0) is 5.92 Å². The molecule has 0 fully saturated rings. The van der Waals surface area contributed by atoms with Crippen molar-refractivity contribution in [2.24, 2.45) is 5.92 Å². The van der Waals surface area contributed by atoms with Gasteiger partial charge in [-0.3, -0.25) is 9.59 Å². The summed E-state index contributed by atoms with van der Waals surface area (Å²) < 4.78 is 36.8. The molecule has 0 aromatic carbocycles. The van der Waals surface area contributed by atoms with E-state index in [1.54, 1.807) is 13.8 Å². The quantitative estimate of drug-likeness (QED) is 0.752. The van der Waals surface area contributed by atoms with Gasteiger partial charge in [0.1, 0.15) is 27.3 Å². The number of carbonyl (C=O) groups is 2. The summed E-state index contributed by atoms with van der Waals surface area (Å²) in [4.78, 5) is 33.7. The summed E-state index contributed by atoms with van der Waals surface area (Å²) in [6.07, 6.45) is 3.63. The van der Waals surface area contributed by atoms with Crippen LogP contribution in [0.2, 0.25) is 0 Å². The minimum Gasteiger partial charge on any atom is -0.353 e. The molecule has 1 atom stereocenters. The lowest BCUT2D eigenvalue weighted by molar-refractivity contribution is -0.127. The largest absolute Gasteiger partial charge is 0.353 e. The second kappa shape index (κ2) is 6.91. The number of hydrogen-bond donors (Lipinski definition) is 2. The van der Waals surface area contributed by atoms with Crippen LogP contribution in [0.15, 0.2) is 12.4 Å². The third-order valence-electron chi connectivity index (χ3n) is 4.58. The predicted molar refractivity (Wildman–Crippen MR) is 97.3 cm³/mol. The smallest absolute Gasteiger partial charge is 0.257 e. The van der Waals surface area contributed by atoms with Crippen LogP contribution in [0.4, 0.5) is 4.39 Å². The number of nitrogens with zero attached hydrogens (tertiary/aromatic N) is 2. The molecule has 2 amide bonds. The van der Waals surface area contributed by atoms with Crippen molar-refractivity contribution in [3.05, 3.63) is 29.3 Å². The second-order valence-corrected chi connectivity index (χ2v) is 9.31. The Morgan fingerprint density at radius 1 is 1.44 bits per heavy atom. The standard InChI is InChI=1S/C17H21FN4O4S/c1-9(2)14(16(23)19-4-5-27(3,25)26)22-8-11-12(18)7-21-15-13(11)10(6-20-15)17(22)24/h6-7,9,14H,4-5,8H2,1-3H3,(H,19,23)(H,20,21)/t14-/m1/s1. The van der Waals surface area contributed by atoms with Crippen LogP contribution in [0, 0.1) is 11.7 Å². The molecule has 0 radical (unpaired) electrons. The van der Waals surface area contributed by atoms with Crippen molar-refractivity contribution in [2.45, 2.75) is 26.4 Å². The molecular formula is C17H21FN4O4S. The lowest BCUT2D eigenvalue weighted by Gasteiger charge is -2.35. The summed E-state index contributed by atoms with van der Waals surface area (Å²) in [6.45, 7) is 3.45. The molecule has 0 aliphatic carbocycles. The van der Waals surface area contributed by atoms with Gasteiger partial charge in [0.2, 0.25) is 5.91 Å². The summed E-state index contributed by atoms with van der Waals surface area (Å²) in [5.74, 6) is -1.85. The van der Waals surface area contributed by atoms with Crippen LogP contribution >= 0.6 is 0 Å². The Balaban J connectivity index is 1.90. The van der Waals surface area contributed by atoms with Crippen LogP contribution in [0.3, 0.4) is 0 Å². The number of pyridine rings is 1. The lowest BCUT2D eigenvalue weighted by atomic mass is 9.95. The van der Waals surface area contributed by atoms with E-state index >= 15 is 0 Å². The highest BCUT2D eigenvalue weighted by Gasteiger charge is 2.38. The van der Waals surface area contributed by atoms with Gasteiger partial charge in [-0.15, -0.1) is 0 Å². The Bertz CT molecular complexity index is 1020. The molecule has 0 saturated carbocycles. The van der Waals surface area contributed by atoms with Crippen LogP contribution in [-0.2, 0) is 21.2 Å². The Morgan fingerprint density at radius 2 is 2.15 bits per heavy atom. The summed E-state index contributed by atoms with van der Waals surface area (Å²) in [5.41, 5.74) is 1.01. The van der Waals surface area contributed by atoms with Crippen molar-refractivity contribution in [2.75, 3.05) is 18.6 Å². The first-order valence-electron chi connectivity index (χ1n) is 8.51. The van der Waals surface area contributed by atoms with Crippen molar-refractivity contribution in [1.29, 1.82) is 0 Å². The fraction of sp³-hybridized carbons (Fsp3) is 0.471. The van der Waals surface area contributed by atoms with Gasteiger partial charge in [0.05, 0.1) is 24.1 Å². The van der Waals surface area contributed by atoms with Crippen LogP contribution in [0.1, 0.15) is 29.8 Å². The zero-order valence-electron chi connectivity index (χ0n) is 15.2. The monoisotopic (exact) mass is 396 g/mol. The molecule has 3 rings (SSSR count). The maximum Gasteiger partial charge on any atom is 0.257 e. The summed E-state index contributed by atoms with van der Waals surface area (Å²) >= 11 is 0. The van der Waals surface area contributed by atoms with E-state index in [1.165, 1.54) is 11.1 Å². The molecule has 0 saturated heterocycles. The van der Waals surface area contributed by atoms with Crippen LogP contribution in [0.5, 0.6) is 0 Å². The van der Waals surface area contributed by atoms with E-state index in [4.69, 9.17) is 0 Å². The molecule has 1 aliphatic rings. The molecule has 0 unspecified atom stereocenters. The van der Waals surface area contributed by atoms with E-state index in [-0.39, 0.29) is 30.3 Å². The van der Waals surface area contributed by atoms with Crippen LogP contribution in [0.25, 0.3) is 11.0 Å². The van der Waals surface area contributed by atoms with Gasteiger partial charge in [-0.1, -0.05) is 13.8 Å².